The number of benzene rings is 2. The zero-order chi connectivity index (χ0) is 12.9. The molecule has 2 nitrogen and oxygen atoms in total. The van der Waals surface area contributed by atoms with Crippen molar-refractivity contribution in [3.05, 3.63) is 77.9 Å². The fourth-order valence-electron chi connectivity index (χ4n) is 2.12. The number of ether oxygens (including phenoxy) is 2. The predicted octanol–water partition coefficient (Wildman–Crippen LogP) is 3.81. The van der Waals surface area contributed by atoms with Crippen LogP contribution in [-0.4, -0.2) is 12.9 Å². The highest BCUT2D eigenvalue weighted by Crippen LogP contribution is 2.26. The first-order chi connectivity index (χ1) is 9.42. The van der Waals surface area contributed by atoms with E-state index in [9.17, 15) is 0 Å². The first kappa shape index (κ1) is 12.2. The number of hydrogen-bond acceptors (Lipinski definition) is 2. The van der Waals surface area contributed by atoms with Gasteiger partial charge in [0.05, 0.1) is 6.61 Å². The zero-order valence-corrected chi connectivity index (χ0v) is 10.6. The standard InChI is InChI=1S/C17H16O2/c1-3-7-14(8-4-1)11-12-17-18-13-16(19-17)15-9-5-2-6-10-15/h1-12,16-17H,13H2/b12-11-/t16-,17-/m1/s1. The Morgan fingerprint density at radius 3 is 2.32 bits per heavy atom. The van der Waals surface area contributed by atoms with Gasteiger partial charge in [-0.15, -0.1) is 0 Å². The van der Waals surface area contributed by atoms with Gasteiger partial charge < -0.3 is 9.47 Å². The van der Waals surface area contributed by atoms with E-state index >= 15 is 0 Å². The first-order valence-corrected chi connectivity index (χ1v) is 6.47. The minimum atomic E-state index is -0.259. The first-order valence-electron chi connectivity index (χ1n) is 6.47. The summed E-state index contributed by atoms with van der Waals surface area (Å²) < 4.78 is 11.5. The van der Waals surface area contributed by atoms with Crippen molar-refractivity contribution in [2.45, 2.75) is 12.4 Å². The summed E-state index contributed by atoms with van der Waals surface area (Å²) in [5.41, 5.74) is 2.32. The zero-order valence-electron chi connectivity index (χ0n) is 10.6. The van der Waals surface area contributed by atoms with Crippen LogP contribution in [0.4, 0.5) is 0 Å². The molecule has 1 saturated heterocycles. The van der Waals surface area contributed by atoms with Gasteiger partial charge in [-0.3, -0.25) is 0 Å². The van der Waals surface area contributed by atoms with Crippen LogP contribution in [0.5, 0.6) is 0 Å². The molecule has 2 atom stereocenters. The summed E-state index contributed by atoms with van der Waals surface area (Å²) in [5.74, 6) is 0. The second kappa shape index (κ2) is 5.83. The summed E-state index contributed by atoms with van der Waals surface area (Å²) in [5, 5.41) is 0. The van der Waals surface area contributed by atoms with Gasteiger partial charge in [0.15, 0.2) is 6.29 Å². The third-order valence-electron chi connectivity index (χ3n) is 3.13. The van der Waals surface area contributed by atoms with Crippen molar-refractivity contribution in [2.75, 3.05) is 6.61 Å². The molecule has 0 aromatic heterocycles. The molecule has 19 heavy (non-hydrogen) atoms. The van der Waals surface area contributed by atoms with Gasteiger partial charge in [0.1, 0.15) is 6.10 Å². The van der Waals surface area contributed by atoms with Crippen LogP contribution in [0.2, 0.25) is 0 Å². The molecule has 0 bridgehead atoms. The van der Waals surface area contributed by atoms with Crippen LogP contribution < -0.4 is 0 Å². The summed E-state index contributed by atoms with van der Waals surface area (Å²) in [6.45, 7) is 0.605. The molecule has 0 amide bonds. The van der Waals surface area contributed by atoms with Gasteiger partial charge in [-0.05, 0) is 17.2 Å². The Kier molecular flexibility index (Phi) is 3.73. The quantitative estimate of drug-likeness (QED) is 0.827. The normalized spacial score (nSPS) is 22.9. The summed E-state index contributed by atoms with van der Waals surface area (Å²) in [6, 6.07) is 20.3. The lowest BCUT2D eigenvalue weighted by atomic mass is 10.1. The van der Waals surface area contributed by atoms with E-state index in [-0.39, 0.29) is 12.4 Å². The van der Waals surface area contributed by atoms with Gasteiger partial charge in [0, 0.05) is 0 Å². The molecule has 0 N–H and O–H groups in total. The van der Waals surface area contributed by atoms with Crippen LogP contribution in [0, 0.1) is 0 Å². The van der Waals surface area contributed by atoms with Crippen LogP contribution in [0.25, 0.3) is 6.08 Å². The van der Waals surface area contributed by atoms with Crippen LogP contribution in [-0.2, 0) is 9.47 Å². The molecule has 0 unspecified atom stereocenters. The van der Waals surface area contributed by atoms with E-state index in [0.29, 0.717) is 6.61 Å². The van der Waals surface area contributed by atoms with Gasteiger partial charge in [-0.1, -0.05) is 66.7 Å². The topological polar surface area (TPSA) is 18.5 Å². The Labute approximate surface area is 113 Å². The maximum atomic E-state index is 5.86. The molecule has 1 heterocycles. The minimum absolute atomic E-state index is 0.0339. The predicted molar refractivity (Wildman–Crippen MR) is 75.5 cm³/mol. The lowest BCUT2D eigenvalue weighted by Crippen LogP contribution is -2.03. The van der Waals surface area contributed by atoms with Gasteiger partial charge in [0.2, 0.25) is 0 Å². The van der Waals surface area contributed by atoms with E-state index < -0.39 is 0 Å². The molecule has 0 saturated carbocycles. The highest BCUT2D eigenvalue weighted by atomic mass is 16.7. The van der Waals surface area contributed by atoms with Crippen molar-refractivity contribution < 1.29 is 9.47 Å². The van der Waals surface area contributed by atoms with E-state index in [0.717, 1.165) is 11.1 Å². The highest BCUT2D eigenvalue weighted by Gasteiger charge is 2.24. The Hall–Kier alpha value is -1.90. The minimum Gasteiger partial charge on any atom is -0.346 e. The molecular weight excluding hydrogens is 236 g/mol. The van der Waals surface area contributed by atoms with E-state index in [1.54, 1.807) is 0 Å². The summed E-state index contributed by atoms with van der Waals surface area (Å²) in [7, 11) is 0. The lowest BCUT2D eigenvalue weighted by molar-refractivity contribution is -0.0194. The van der Waals surface area contributed by atoms with Gasteiger partial charge >= 0.3 is 0 Å². The average Bonchev–Trinajstić information content (AvgIpc) is 2.96. The fraction of sp³-hybridized carbons (Fsp3) is 0.176. The summed E-state index contributed by atoms with van der Waals surface area (Å²) in [6.07, 6.45) is 3.76. The summed E-state index contributed by atoms with van der Waals surface area (Å²) >= 11 is 0. The molecule has 2 aromatic carbocycles. The van der Waals surface area contributed by atoms with E-state index in [2.05, 4.69) is 24.3 Å². The number of hydrogen-bond donors (Lipinski definition) is 0. The van der Waals surface area contributed by atoms with Crippen LogP contribution in [0.15, 0.2) is 66.7 Å². The third-order valence-corrected chi connectivity index (χ3v) is 3.13. The molecule has 0 aliphatic carbocycles. The molecule has 2 aromatic rings. The van der Waals surface area contributed by atoms with Crippen LogP contribution >= 0.6 is 0 Å². The number of rotatable bonds is 3. The monoisotopic (exact) mass is 252 g/mol. The molecule has 3 rings (SSSR count). The summed E-state index contributed by atoms with van der Waals surface area (Å²) in [4.78, 5) is 0. The van der Waals surface area contributed by atoms with Crippen molar-refractivity contribution in [2.24, 2.45) is 0 Å². The largest absolute Gasteiger partial charge is 0.346 e. The smallest absolute Gasteiger partial charge is 0.178 e. The van der Waals surface area contributed by atoms with Crippen molar-refractivity contribution in [1.29, 1.82) is 0 Å². The van der Waals surface area contributed by atoms with Gasteiger partial charge in [0.25, 0.3) is 0 Å². The molecule has 1 aliphatic rings. The van der Waals surface area contributed by atoms with E-state index in [1.807, 2.05) is 48.6 Å². The molecular formula is C17H16O2. The average molecular weight is 252 g/mol. The van der Waals surface area contributed by atoms with Gasteiger partial charge in [-0.2, -0.15) is 0 Å². The van der Waals surface area contributed by atoms with Crippen LogP contribution in [0.3, 0.4) is 0 Å². The van der Waals surface area contributed by atoms with Crippen molar-refractivity contribution in [1.82, 2.24) is 0 Å². The van der Waals surface area contributed by atoms with Crippen molar-refractivity contribution >= 4 is 6.08 Å². The SMILES string of the molecule is C(=C/[C@@H]1OC[C@H](c2ccccc2)O1)/c1ccccc1. The van der Waals surface area contributed by atoms with E-state index in [4.69, 9.17) is 9.47 Å². The third kappa shape index (κ3) is 3.11. The van der Waals surface area contributed by atoms with E-state index in [1.165, 1.54) is 0 Å². The van der Waals surface area contributed by atoms with Crippen molar-refractivity contribution in [3.63, 3.8) is 0 Å². The molecule has 1 fully saturated rings. The Bertz CT molecular complexity index is 534. The molecule has 1 aliphatic heterocycles. The highest BCUT2D eigenvalue weighted by molar-refractivity contribution is 5.49. The fourth-order valence-corrected chi connectivity index (χ4v) is 2.12. The second-order valence-corrected chi connectivity index (χ2v) is 4.51. The van der Waals surface area contributed by atoms with Crippen LogP contribution in [0.1, 0.15) is 17.2 Å². The second-order valence-electron chi connectivity index (χ2n) is 4.51. The molecule has 2 heteroatoms. The maximum Gasteiger partial charge on any atom is 0.178 e. The lowest BCUT2D eigenvalue weighted by Gasteiger charge is -2.08. The van der Waals surface area contributed by atoms with Gasteiger partial charge in [-0.25, -0.2) is 0 Å². The molecule has 96 valence electrons. The Balaban J connectivity index is 1.62. The Morgan fingerprint density at radius 1 is 0.895 bits per heavy atom. The maximum absolute atomic E-state index is 5.86. The molecule has 0 spiro atoms. The Morgan fingerprint density at radius 2 is 1.58 bits per heavy atom. The van der Waals surface area contributed by atoms with Crippen molar-refractivity contribution in [3.8, 4) is 0 Å². The molecule has 0 radical (unpaired) electrons.